The van der Waals surface area contributed by atoms with E-state index in [9.17, 15) is 0 Å². The highest BCUT2D eigenvalue weighted by molar-refractivity contribution is 6.74. The van der Waals surface area contributed by atoms with Crippen molar-refractivity contribution in [3.63, 3.8) is 0 Å². The fourth-order valence-corrected chi connectivity index (χ4v) is 2.75. The van der Waals surface area contributed by atoms with E-state index in [0.29, 0.717) is 19.1 Å². The molecule has 0 amide bonds. The first-order chi connectivity index (χ1) is 11.6. The lowest BCUT2D eigenvalue weighted by Gasteiger charge is -2.35. The quantitative estimate of drug-likeness (QED) is 0.455. The zero-order valence-electron chi connectivity index (χ0n) is 16.9. The molecule has 0 fully saturated rings. The van der Waals surface area contributed by atoms with Gasteiger partial charge in [0, 0.05) is 0 Å². The largest absolute Gasteiger partial charge is 0.406 e. The molecular formula is C22H34O2Si. The lowest BCUT2D eigenvalue weighted by molar-refractivity contribution is 0.0829. The van der Waals surface area contributed by atoms with Gasteiger partial charge in [-0.1, -0.05) is 88.9 Å². The summed E-state index contributed by atoms with van der Waals surface area (Å²) in [6.07, 6.45) is 4.05. The zero-order valence-corrected chi connectivity index (χ0v) is 17.9. The SMILES string of the molecule is CC(C)[C@@H](C#CCO[Si](C)(C)C(C)(C)C)OC/C=C/c1ccccc1. The minimum Gasteiger partial charge on any atom is -0.406 e. The molecule has 0 radical (unpaired) electrons. The smallest absolute Gasteiger partial charge is 0.193 e. The first kappa shape index (κ1) is 21.7. The second kappa shape index (κ2) is 9.96. The van der Waals surface area contributed by atoms with Crippen molar-refractivity contribution < 1.29 is 9.16 Å². The van der Waals surface area contributed by atoms with Gasteiger partial charge in [-0.2, -0.15) is 0 Å². The molecule has 3 heteroatoms. The topological polar surface area (TPSA) is 18.5 Å². The number of ether oxygens (including phenoxy) is 1. The second-order valence-corrected chi connectivity index (χ2v) is 13.0. The molecule has 1 aromatic rings. The average Bonchev–Trinajstić information content (AvgIpc) is 2.52. The molecule has 2 nitrogen and oxygen atoms in total. The molecule has 0 heterocycles. The van der Waals surface area contributed by atoms with Crippen LogP contribution in [0.4, 0.5) is 0 Å². The van der Waals surface area contributed by atoms with E-state index in [1.54, 1.807) is 0 Å². The highest BCUT2D eigenvalue weighted by atomic mass is 28.4. The third-order valence-corrected chi connectivity index (χ3v) is 9.12. The van der Waals surface area contributed by atoms with Gasteiger partial charge in [0.1, 0.15) is 6.10 Å². The Morgan fingerprint density at radius 2 is 1.76 bits per heavy atom. The van der Waals surface area contributed by atoms with Gasteiger partial charge < -0.3 is 9.16 Å². The molecule has 1 atom stereocenters. The third kappa shape index (κ3) is 8.05. The summed E-state index contributed by atoms with van der Waals surface area (Å²) in [6.45, 7) is 16.5. The molecule has 0 saturated heterocycles. The molecule has 138 valence electrons. The molecule has 0 aliphatic carbocycles. The van der Waals surface area contributed by atoms with Gasteiger partial charge >= 0.3 is 0 Å². The molecule has 0 aliphatic rings. The van der Waals surface area contributed by atoms with E-state index >= 15 is 0 Å². The Kier molecular flexibility index (Phi) is 8.65. The minimum atomic E-state index is -1.73. The fourth-order valence-electron chi connectivity index (χ4n) is 1.88. The Labute approximate surface area is 155 Å². The first-order valence-corrected chi connectivity index (χ1v) is 12.0. The summed E-state index contributed by atoms with van der Waals surface area (Å²) in [6, 6.07) is 10.2. The maximum atomic E-state index is 6.10. The first-order valence-electron chi connectivity index (χ1n) is 9.09. The highest BCUT2D eigenvalue weighted by Gasteiger charge is 2.36. The van der Waals surface area contributed by atoms with Gasteiger partial charge in [-0.15, -0.1) is 0 Å². The van der Waals surface area contributed by atoms with Gasteiger partial charge in [0.15, 0.2) is 8.32 Å². The van der Waals surface area contributed by atoms with Crippen molar-refractivity contribution in [2.75, 3.05) is 13.2 Å². The minimum absolute atomic E-state index is 0.0663. The van der Waals surface area contributed by atoms with E-state index in [1.807, 2.05) is 24.3 Å². The van der Waals surface area contributed by atoms with Gasteiger partial charge in [0.25, 0.3) is 0 Å². The van der Waals surface area contributed by atoms with Gasteiger partial charge in [0.2, 0.25) is 0 Å². The van der Waals surface area contributed by atoms with Crippen molar-refractivity contribution in [1.29, 1.82) is 0 Å². The third-order valence-electron chi connectivity index (χ3n) is 4.64. The molecule has 0 aromatic heterocycles. The Morgan fingerprint density at radius 3 is 2.32 bits per heavy atom. The van der Waals surface area contributed by atoms with Gasteiger partial charge in [-0.05, 0) is 29.6 Å². The van der Waals surface area contributed by atoms with E-state index in [2.05, 4.69) is 77.8 Å². The van der Waals surface area contributed by atoms with Crippen LogP contribution in [-0.4, -0.2) is 27.6 Å². The van der Waals surface area contributed by atoms with E-state index in [4.69, 9.17) is 9.16 Å². The Morgan fingerprint density at radius 1 is 1.12 bits per heavy atom. The van der Waals surface area contributed by atoms with E-state index in [1.165, 1.54) is 5.56 Å². The predicted octanol–water partition coefficient (Wildman–Crippen LogP) is 5.77. The van der Waals surface area contributed by atoms with Crippen LogP contribution in [0, 0.1) is 17.8 Å². The molecular weight excluding hydrogens is 324 g/mol. The summed E-state index contributed by atoms with van der Waals surface area (Å²) in [5.74, 6) is 6.75. The maximum absolute atomic E-state index is 6.10. The molecule has 25 heavy (non-hydrogen) atoms. The van der Waals surface area contributed by atoms with Gasteiger partial charge in [-0.25, -0.2) is 0 Å². The van der Waals surface area contributed by atoms with E-state index in [0.717, 1.165) is 0 Å². The molecule has 0 unspecified atom stereocenters. The Bertz CT molecular complexity index is 586. The lowest BCUT2D eigenvalue weighted by atomic mass is 10.1. The Balaban J connectivity index is 2.49. The average molecular weight is 359 g/mol. The molecule has 0 saturated carbocycles. The van der Waals surface area contributed by atoms with E-state index in [-0.39, 0.29) is 11.1 Å². The van der Waals surface area contributed by atoms with Crippen molar-refractivity contribution in [1.82, 2.24) is 0 Å². The number of rotatable bonds is 7. The van der Waals surface area contributed by atoms with Gasteiger partial charge in [0.05, 0.1) is 13.2 Å². The summed E-state index contributed by atoms with van der Waals surface area (Å²) in [4.78, 5) is 0. The van der Waals surface area contributed by atoms with Crippen LogP contribution in [0.25, 0.3) is 6.08 Å². The fraction of sp³-hybridized carbons (Fsp3) is 0.545. The van der Waals surface area contributed by atoms with Crippen molar-refractivity contribution in [3.8, 4) is 11.8 Å². The molecule has 1 aromatic carbocycles. The lowest BCUT2D eigenvalue weighted by Crippen LogP contribution is -2.40. The number of benzene rings is 1. The van der Waals surface area contributed by atoms with Crippen molar-refractivity contribution in [2.45, 2.75) is 58.9 Å². The summed E-state index contributed by atoms with van der Waals surface area (Å²) in [7, 11) is -1.73. The number of hydrogen-bond donors (Lipinski definition) is 0. The monoisotopic (exact) mass is 358 g/mol. The van der Waals surface area contributed by atoms with Crippen LogP contribution in [0.1, 0.15) is 40.2 Å². The molecule has 1 rings (SSSR count). The van der Waals surface area contributed by atoms with E-state index < -0.39 is 8.32 Å². The Hall–Kier alpha value is -1.34. The van der Waals surface area contributed by atoms with Crippen LogP contribution in [0.15, 0.2) is 36.4 Å². The van der Waals surface area contributed by atoms with Crippen molar-refractivity contribution >= 4 is 14.4 Å². The van der Waals surface area contributed by atoms with Crippen molar-refractivity contribution in [3.05, 3.63) is 42.0 Å². The summed E-state index contributed by atoms with van der Waals surface area (Å²) < 4.78 is 12.0. The normalized spacial score (nSPS) is 13.8. The second-order valence-electron chi connectivity index (χ2n) is 8.18. The molecule has 0 N–H and O–H groups in total. The zero-order chi connectivity index (χ0) is 18.9. The number of hydrogen-bond acceptors (Lipinski definition) is 2. The van der Waals surface area contributed by atoms with Crippen LogP contribution >= 0.6 is 0 Å². The van der Waals surface area contributed by atoms with Crippen LogP contribution in [0.2, 0.25) is 18.1 Å². The summed E-state index contributed by atoms with van der Waals surface area (Å²) in [5, 5.41) is 0.213. The predicted molar refractivity (Wildman–Crippen MR) is 111 cm³/mol. The van der Waals surface area contributed by atoms with Crippen LogP contribution in [0.3, 0.4) is 0 Å². The summed E-state index contributed by atoms with van der Waals surface area (Å²) in [5.41, 5.74) is 1.18. The molecule has 0 spiro atoms. The van der Waals surface area contributed by atoms with Crippen LogP contribution in [-0.2, 0) is 9.16 Å². The van der Waals surface area contributed by atoms with Crippen molar-refractivity contribution in [2.24, 2.45) is 5.92 Å². The highest BCUT2D eigenvalue weighted by Crippen LogP contribution is 2.36. The molecule has 0 aliphatic heterocycles. The van der Waals surface area contributed by atoms with Gasteiger partial charge in [-0.3, -0.25) is 0 Å². The molecule has 0 bridgehead atoms. The van der Waals surface area contributed by atoms with Crippen LogP contribution in [0.5, 0.6) is 0 Å². The standard InChI is InChI=1S/C22H34O2Si/c1-19(2)21(16-12-18-24-25(6,7)22(3,4)5)23-17-11-15-20-13-9-8-10-14-20/h8-11,13-15,19,21H,17-18H2,1-7H3/b15-11+/t21-/m1/s1. The summed E-state index contributed by atoms with van der Waals surface area (Å²) >= 11 is 0. The van der Waals surface area contributed by atoms with Crippen LogP contribution < -0.4 is 0 Å². The maximum Gasteiger partial charge on any atom is 0.193 e.